The van der Waals surface area contributed by atoms with Crippen LogP contribution in [0, 0.1) is 0 Å². The molecule has 10 heteroatoms. The molecule has 1 aromatic carbocycles. The Hall–Kier alpha value is -2.21. The highest BCUT2D eigenvalue weighted by Crippen LogP contribution is 2.38. The Morgan fingerprint density at radius 1 is 1.06 bits per heavy atom. The molecule has 2 heterocycles. The summed E-state index contributed by atoms with van der Waals surface area (Å²) in [6.07, 6.45) is 3.76. The van der Waals surface area contributed by atoms with Crippen molar-refractivity contribution in [2.45, 2.75) is 20.0 Å². The number of aliphatic imine (C=N–C) groups is 1. The van der Waals surface area contributed by atoms with Crippen molar-refractivity contribution in [1.29, 1.82) is 0 Å². The zero-order valence-corrected chi connectivity index (χ0v) is 21.7. The number of hydrogen-bond acceptors (Lipinski definition) is 6. The van der Waals surface area contributed by atoms with Crippen LogP contribution in [0.4, 0.5) is 0 Å². The highest BCUT2D eigenvalue weighted by Gasteiger charge is 2.21. The third kappa shape index (κ3) is 6.89. The fourth-order valence-electron chi connectivity index (χ4n) is 3.72. The standard InChI is InChI=1S/C22H34N6O3.HI/c1-5-23-22(24-8-10-28-9-6-7-25-28)27-13-11-26(12-14-27)17-18-15-19(29-2)21(31-4)20(16-18)30-3;/h6-7,9,15-16H,5,8,10-14,17H2,1-4H3,(H,23,24);1H. The summed E-state index contributed by atoms with van der Waals surface area (Å²) in [5, 5.41) is 7.66. The number of rotatable bonds is 9. The van der Waals surface area contributed by atoms with Gasteiger partial charge < -0.3 is 24.4 Å². The SMILES string of the molecule is CCNC(=NCCn1cccn1)N1CCN(Cc2cc(OC)c(OC)c(OC)c2)CC1.I. The maximum absolute atomic E-state index is 5.49. The molecule has 0 atom stereocenters. The van der Waals surface area contributed by atoms with Gasteiger partial charge in [-0.1, -0.05) is 0 Å². The highest BCUT2D eigenvalue weighted by atomic mass is 127. The normalized spacial score (nSPS) is 14.6. The van der Waals surface area contributed by atoms with Crippen LogP contribution in [0.15, 0.2) is 35.6 Å². The first-order valence-corrected chi connectivity index (χ1v) is 10.7. The Bertz CT molecular complexity index is 813. The highest BCUT2D eigenvalue weighted by molar-refractivity contribution is 14.0. The molecule has 178 valence electrons. The molecule has 2 aromatic rings. The number of guanidine groups is 1. The van der Waals surface area contributed by atoms with Crippen molar-refractivity contribution in [2.75, 3.05) is 60.6 Å². The summed E-state index contributed by atoms with van der Waals surface area (Å²) in [4.78, 5) is 9.56. The third-order valence-corrected chi connectivity index (χ3v) is 5.29. The van der Waals surface area contributed by atoms with E-state index in [4.69, 9.17) is 19.2 Å². The molecule has 1 N–H and O–H groups in total. The number of benzene rings is 1. The average molecular weight is 558 g/mol. The van der Waals surface area contributed by atoms with Gasteiger partial charge in [0.1, 0.15) is 0 Å². The summed E-state index contributed by atoms with van der Waals surface area (Å²) in [5.41, 5.74) is 1.14. The molecule has 0 amide bonds. The van der Waals surface area contributed by atoms with Gasteiger partial charge in [-0.3, -0.25) is 14.6 Å². The monoisotopic (exact) mass is 558 g/mol. The zero-order valence-electron chi connectivity index (χ0n) is 19.4. The minimum atomic E-state index is 0. The smallest absolute Gasteiger partial charge is 0.203 e. The zero-order chi connectivity index (χ0) is 22.1. The first-order chi connectivity index (χ1) is 15.2. The number of aromatic nitrogens is 2. The largest absolute Gasteiger partial charge is 0.493 e. The molecule has 0 bridgehead atoms. The molecule has 1 fully saturated rings. The van der Waals surface area contributed by atoms with Crippen molar-refractivity contribution < 1.29 is 14.2 Å². The molecule has 0 spiro atoms. The van der Waals surface area contributed by atoms with E-state index in [0.29, 0.717) is 23.8 Å². The van der Waals surface area contributed by atoms with Gasteiger partial charge in [-0.15, -0.1) is 24.0 Å². The van der Waals surface area contributed by atoms with Crippen LogP contribution in [0.3, 0.4) is 0 Å². The van der Waals surface area contributed by atoms with E-state index in [2.05, 4.69) is 27.1 Å². The molecular formula is C22H35IN6O3. The van der Waals surface area contributed by atoms with E-state index in [1.807, 2.05) is 29.1 Å². The van der Waals surface area contributed by atoms with E-state index in [1.165, 1.54) is 0 Å². The third-order valence-electron chi connectivity index (χ3n) is 5.29. The summed E-state index contributed by atoms with van der Waals surface area (Å²) in [6, 6.07) is 5.98. The van der Waals surface area contributed by atoms with Crippen molar-refractivity contribution in [3.8, 4) is 17.2 Å². The first-order valence-electron chi connectivity index (χ1n) is 10.7. The molecule has 0 unspecified atom stereocenters. The van der Waals surface area contributed by atoms with E-state index < -0.39 is 0 Å². The van der Waals surface area contributed by atoms with Crippen LogP contribution in [-0.2, 0) is 13.1 Å². The minimum absolute atomic E-state index is 0. The molecule has 32 heavy (non-hydrogen) atoms. The topological polar surface area (TPSA) is 76.4 Å². The number of nitrogens with one attached hydrogen (secondary N) is 1. The van der Waals surface area contributed by atoms with Crippen molar-refractivity contribution in [1.82, 2.24) is 24.9 Å². The minimum Gasteiger partial charge on any atom is -0.493 e. The van der Waals surface area contributed by atoms with Gasteiger partial charge in [0, 0.05) is 51.7 Å². The number of piperazine rings is 1. The van der Waals surface area contributed by atoms with Crippen molar-refractivity contribution in [2.24, 2.45) is 4.99 Å². The van der Waals surface area contributed by atoms with Gasteiger partial charge in [-0.25, -0.2) is 0 Å². The second-order valence-electron chi connectivity index (χ2n) is 7.30. The van der Waals surface area contributed by atoms with E-state index in [9.17, 15) is 0 Å². The summed E-state index contributed by atoms with van der Waals surface area (Å²) in [6.45, 7) is 9.04. The fourth-order valence-corrected chi connectivity index (χ4v) is 3.72. The molecule has 1 aromatic heterocycles. The van der Waals surface area contributed by atoms with Crippen LogP contribution in [-0.4, -0.2) is 86.1 Å². The Kier molecular flexibility index (Phi) is 10.9. The molecule has 0 aliphatic carbocycles. The molecule has 1 aliphatic rings. The Morgan fingerprint density at radius 2 is 1.75 bits per heavy atom. The summed E-state index contributed by atoms with van der Waals surface area (Å²) in [5.74, 6) is 2.98. The van der Waals surface area contributed by atoms with Gasteiger partial charge in [-0.05, 0) is 30.7 Å². The summed E-state index contributed by atoms with van der Waals surface area (Å²) < 4.78 is 18.3. The van der Waals surface area contributed by atoms with Gasteiger partial charge in [0.15, 0.2) is 17.5 Å². The molecule has 1 aliphatic heterocycles. The van der Waals surface area contributed by atoms with Crippen LogP contribution >= 0.6 is 24.0 Å². The Labute approximate surface area is 207 Å². The summed E-state index contributed by atoms with van der Waals surface area (Å²) >= 11 is 0. The maximum Gasteiger partial charge on any atom is 0.203 e. The molecular weight excluding hydrogens is 523 g/mol. The van der Waals surface area contributed by atoms with Crippen LogP contribution in [0.1, 0.15) is 12.5 Å². The van der Waals surface area contributed by atoms with E-state index in [-0.39, 0.29) is 24.0 Å². The Morgan fingerprint density at radius 3 is 2.28 bits per heavy atom. The van der Waals surface area contributed by atoms with E-state index in [0.717, 1.165) is 57.3 Å². The van der Waals surface area contributed by atoms with Crippen LogP contribution in [0.2, 0.25) is 0 Å². The van der Waals surface area contributed by atoms with Gasteiger partial charge in [0.05, 0.1) is 34.4 Å². The average Bonchev–Trinajstić information content (AvgIpc) is 3.32. The van der Waals surface area contributed by atoms with Gasteiger partial charge in [0.25, 0.3) is 0 Å². The van der Waals surface area contributed by atoms with Gasteiger partial charge >= 0.3 is 0 Å². The molecule has 9 nitrogen and oxygen atoms in total. The summed E-state index contributed by atoms with van der Waals surface area (Å²) in [7, 11) is 4.92. The van der Waals surface area contributed by atoms with Crippen molar-refractivity contribution in [3.05, 3.63) is 36.2 Å². The lowest BCUT2D eigenvalue weighted by Crippen LogP contribution is -2.52. The van der Waals surface area contributed by atoms with Crippen LogP contribution in [0.25, 0.3) is 0 Å². The fraction of sp³-hybridized carbons (Fsp3) is 0.545. The molecule has 0 saturated carbocycles. The van der Waals surface area contributed by atoms with Gasteiger partial charge in [0.2, 0.25) is 5.75 Å². The van der Waals surface area contributed by atoms with E-state index in [1.54, 1.807) is 27.5 Å². The van der Waals surface area contributed by atoms with Crippen molar-refractivity contribution in [3.63, 3.8) is 0 Å². The number of methoxy groups -OCH3 is 3. The van der Waals surface area contributed by atoms with E-state index >= 15 is 0 Å². The maximum atomic E-state index is 5.49. The predicted molar refractivity (Wildman–Crippen MR) is 137 cm³/mol. The second kappa shape index (κ2) is 13.4. The number of hydrogen-bond donors (Lipinski definition) is 1. The number of nitrogens with zero attached hydrogens (tertiary/aromatic N) is 5. The number of halogens is 1. The molecule has 0 radical (unpaired) electrons. The predicted octanol–water partition coefficient (Wildman–Crippen LogP) is 2.31. The number of ether oxygens (including phenoxy) is 3. The quantitative estimate of drug-likeness (QED) is 0.288. The van der Waals surface area contributed by atoms with Crippen LogP contribution in [0.5, 0.6) is 17.2 Å². The molecule has 3 rings (SSSR count). The van der Waals surface area contributed by atoms with Gasteiger partial charge in [-0.2, -0.15) is 5.10 Å². The molecule has 1 saturated heterocycles. The first kappa shape index (κ1) is 26.0. The second-order valence-corrected chi connectivity index (χ2v) is 7.30. The lowest BCUT2D eigenvalue weighted by Gasteiger charge is -2.36. The lowest BCUT2D eigenvalue weighted by atomic mass is 10.1. The van der Waals surface area contributed by atoms with Crippen LogP contribution < -0.4 is 19.5 Å². The lowest BCUT2D eigenvalue weighted by molar-refractivity contribution is 0.172. The van der Waals surface area contributed by atoms with Crippen molar-refractivity contribution >= 4 is 29.9 Å². The Balaban J connectivity index is 0.00000363.